The van der Waals surface area contributed by atoms with E-state index in [1.165, 1.54) is 0 Å². The van der Waals surface area contributed by atoms with Crippen LogP contribution in [0.1, 0.15) is 51.4 Å². The molecule has 5 nitrogen and oxygen atoms in total. The van der Waals surface area contributed by atoms with Crippen LogP contribution in [0.2, 0.25) is 0 Å². The lowest BCUT2D eigenvalue weighted by Crippen LogP contribution is -2.31. The van der Waals surface area contributed by atoms with E-state index in [2.05, 4.69) is 5.32 Å². The fourth-order valence-corrected chi connectivity index (χ4v) is 2.05. The van der Waals surface area contributed by atoms with E-state index in [1.54, 1.807) is 0 Å². The van der Waals surface area contributed by atoms with Crippen molar-refractivity contribution < 1.29 is 19.4 Å². The van der Waals surface area contributed by atoms with Gasteiger partial charge in [0, 0.05) is 19.6 Å². The average Bonchev–Trinajstić information content (AvgIpc) is 2.34. The Hall–Kier alpha value is -1.10. The first-order chi connectivity index (χ1) is 8.68. The highest BCUT2D eigenvalue weighted by atomic mass is 16.5. The van der Waals surface area contributed by atoms with Gasteiger partial charge in [-0.15, -0.1) is 0 Å². The van der Waals surface area contributed by atoms with Gasteiger partial charge in [0.2, 0.25) is 5.91 Å². The van der Waals surface area contributed by atoms with Crippen LogP contribution in [0.4, 0.5) is 0 Å². The van der Waals surface area contributed by atoms with E-state index in [0.717, 1.165) is 38.7 Å². The molecule has 0 radical (unpaired) electrons. The Morgan fingerprint density at radius 1 is 1.22 bits per heavy atom. The van der Waals surface area contributed by atoms with Gasteiger partial charge in [0.05, 0.1) is 12.5 Å². The number of amides is 1. The topological polar surface area (TPSA) is 75.6 Å². The summed E-state index contributed by atoms with van der Waals surface area (Å²) in [6.45, 7) is 1.40. The minimum Gasteiger partial charge on any atom is -0.481 e. The standard InChI is InChI=1S/C13H23NO4/c15-12(10-11-6-3-5-9-18-11)14-8-4-1-2-7-13(16)17/h11H,1-10H2,(H,14,15)(H,16,17). The van der Waals surface area contributed by atoms with Gasteiger partial charge in [-0.3, -0.25) is 9.59 Å². The Morgan fingerprint density at radius 3 is 2.72 bits per heavy atom. The van der Waals surface area contributed by atoms with Crippen molar-refractivity contribution in [2.45, 2.75) is 57.5 Å². The number of carboxylic acid groups (broad SMARTS) is 1. The van der Waals surface area contributed by atoms with E-state index >= 15 is 0 Å². The smallest absolute Gasteiger partial charge is 0.303 e. The third-order valence-electron chi connectivity index (χ3n) is 3.08. The largest absolute Gasteiger partial charge is 0.481 e. The molecule has 1 aliphatic rings. The van der Waals surface area contributed by atoms with Crippen molar-refractivity contribution in [1.82, 2.24) is 5.32 Å². The molecule has 0 saturated carbocycles. The highest BCUT2D eigenvalue weighted by Crippen LogP contribution is 2.15. The number of aliphatic carboxylic acids is 1. The summed E-state index contributed by atoms with van der Waals surface area (Å²) in [5, 5.41) is 11.3. The molecule has 1 saturated heterocycles. The molecule has 1 aliphatic heterocycles. The maximum atomic E-state index is 11.6. The molecule has 1 heterocycles. The molecule has 0 aromatic rings. The van der Waals surface area contributed by atoms with Crippen molar-refractivity contribution in [2.75, 3.05) is 13.2 Å². The summed E-state index contributed by atoms with van der Waals surface area (Å²) in [6.07, 6.45) is 6.33. The number of unbranched alkanes of at least 4 members (excludes halogenated alkanes) is 2. The van der Waals surface area contributed by atoms with Crippen molar-refractivity contribution in [2.24, 2.45) is 0 Å². The maximum Gasteiger partial charge on any atom is 0.303 e. The van der Waals surface area contributed by atoms with E-state index in [1.807, 2.05) is 0 Å². The van der Waals surface area contributed by atoms with Crippen LogP contribution in [0.3, 0.4) is 0 Å². The highest BCUT2D eigenvalue weighted by Gasteiger charge is 2.16. The third-order valence-corrected chi connectivity index (χ3v) is 3.08. The third kappa shape index (κ3) is 7.27. The van der Waals surface area contributed by atoms with Crippen LogP contribution in [0.5, 0.6) is 0 Å². The molecule has 1 rings (SSSR count). The number of ether oxygens (including phenoxy) is 1. The zero-order valence-corrected chi connectivity index (χ0v) is 10.8. The van der Waals surface area contributed by atoms with E-state index in [4.69, 9.17) is 9.84 Å². The molecule has 0 aromatic heterocycles. The van der Waals surface area contributed by atoms with Crippen LogP contribution in [-0.2, 0) is 14.3 Å². The van der Waals surface area contributed by atoms with E-state index in [9.17, 15) is 9.59 Å². The zero-order chi connectivity index (χ0) is 13.2. The molecule has 2 N–H and O–H groups in total. The van der Waals surface area contributed by atoms with Gasteiger partial charge < -0.3 is 15.2 Å². The summed E-state index contributed by atoms with van der Waals surface area (Å²) in [5.74, 6) is -0.714. The molecule has 1 fully saturated rings. The van der Waals surface area contributed by atoms with Crippen molar-refractivity contribution >= 4 is 11.9 Å². The van der Waals surface area contributed by atoms with Crippen molar-refractivity contribution in [3.63, 3.8) is 0 Å². The molecule has 0 aliphatic carbocycles. The molecule has 1 amide bonds. The number of nitrogens with one attached hydrogen (secondary N) is 1. The van der Waals surface area contributed by atoms with E-state index in [-0.39, 0.29) is 18.4 Å². The molecule has 1 unspecified atom stereocenters. The first-order valence-electron chi connectivity index (χ1n) is 6.78. The quantitative estimate of drug-likeness (QED) is 0.649. The summed E-state index contributed by atoms with van der Waals surface area (Å²) in [6, 6.07) is 0. The lowest BCUT2D eigenvalue weighted by Gasteiger charge is -2.21. The normalized spacial score (nSPS) is 19.4. The van der Waals surface area contributed by atoms with Crippen LogP contribution in [0.15, 0.2) is 0 Å². The summed E-state index contributed by atoms with van der Waals surface area (Å²) < 4.78 is 5.49. The summed E-state index contributed by atoms with van der Waals surface area (Å²) in [7, 11) is 0. The van der Waals surface area contributed by atoms with Gasteiger partial charge in [0.25, 0.3) is 0 Å². The number of hydrogen-bond donors (Lipinski definition) is 2. The molecule has 1 atom stereocenters. The van der Waals surface area contributed by atoms with Crippen LogP contribution in [0.25, 0.3) is 0 Å². The Morgan fingerprint density at radius 2 is 2.06 bits per heavy atom. The lowest BCUT2D eigenvalue weighted by atomic mass is 10.1. The van der Waals surface area contributed by atoms with E-state index < -0.39 is 5.97 Å². The Kier molecular flexibility index (Phi) is 7.41. The number of carboxylic acids is 1. The number of carbonyl (C=O) groups is 2. The van der Waals surface area contributed by atoms with Crippen LogP contribution in [-0.4, -0.2) is 36.2 Å². The van der Waals surface area contributed by atoms with Crippen LogP contribution >= 0.6 is 0 Å². The Balaban J connectivity index is 1.94. The maximum absolute atomic E-state index is 11.6. The molecule has 0 aromatic carbocycles. The minimum atomic E-state index is -0.756. The van der Waals surface area contributed by atoms with Gasteiger partial charge >= 0.3 is 5.97 Å². The second-order valence-corrected chi connectivity index (χ2v) is 4.75. The van der Waals surface area contributed by atoms with Crippen LogP contribution < -0.4 is 5.32 Å². The number of hydrogen-bond acceptors (Lipinski definition) is 3. The monoisotopic (exact) mass is 257 g/mol. The minimum absolute atomic E-state index is 0.0418. The molecule has 5 heteroatoms. The summed E-state index contributed by atoms with van der Waals surface area (Å²) >= 11 is 0. The predicted octanol–water partition coefficient (Wildman–Crippen LogP) is 1.71. The van der Waals surface area contributed by atoms with Gasteiger partial charge in [-0.05, 0) is 32.1 Å². The molecule has 0 bridgehead atoms. The van der Waals surface area contributed by atoms with Gasteiger partial charge in [-0.1, -0.05) is 6.42 Å². The summed E-state index contributed by atoms with van der Waals surface area (Å²) in [4.78, 5) is 21.8. The van der Waals surface area contributed by atoms with Gasteiger partial charge in [0.1, 0.15) is 0 Å². The number of rotatable bonds is 8. The van der Waals surface area contributed by atoms with Crippen molar-refractivity contribution in [3.05, 3.63) is 0 Å². The van der Waals surface area contributed by atoms with Crippen molar-refractivity contribution in [1.29, 1.82) is 0 Å². The molecule has 18 heavy (non-hydrogen) atoms. The second-order valence-electron chi connectivity index (χ2n) is 4.75. The number of carbonyl (C=O) groups excluding carboxylic acids is 1. The first kappa shape index (κ1) is 15.0. The van der Waals surface area contributed by atoms with E-state index in [0.29, 0.717) is 19.4 Å². The molecular weight excluding hydrogens is 234 g/mol. The lowest BCUT2D eigenvalue weighted by molar-refractivity contribution is -0.137. The summed E-state index contributed by atoms with van der Waals surface area (Å²) in [5.41, 5.74) is 0. The SMILES string of the molecule is O=C(O)CCCCCNC(=O)CC1CCCCO1. The predicted molar refractivity (Wildman–Crippen MR) is 67.3 cm³/mol. The fraction of sp³-hybridized carbons (Fsp3) is 0.846. The average molecular weight is 257 g/mol. The van der Waals surface area contributed by atoms with Gasteiger partial charge in [0.15, 0.2) is 0 Å². The first-order valence-corrected chi connectivity index (χ1v) is 6.78. The Labute approximate surface area is 108 Å². The molecule has 0 spiro atoms. The second kappa shape index (κ2) is 8.91. The fourth-order valence-electron chi connectivity index (χ4n) is 2.05. The zero-order valence-electron chi connectivity index (χ0n) is 10.8. The van der Waals surface area contributed by atoms with Gasteiger partial charge in [-0.25, -0.2) is 0 Å². The Bertz CT molecular complexity index is 262. The van der Waals surface area contributed by atoms with Crippen molar-refractivity contribution in [3.8, 4) is 0 Å². The van der Waals surface area contributed by atoms with Crippen LogP contribution in [0, 0.1) is 0 Å². The molecule has 104 valence electrons. The highest BCUT2D eigenvalue weighted by molar-refractivity contribution is 5.76. The van der Waals surface area contributed by atoms with Gasteiger partial charge in [-0.2, -0.15) is 0 Å². The molecular formula is C13H23NO4.